The van der Waals surface area contributed by atoms with E-state index in [0.29, 0.717) is 16.4 Å². The van der Waals surface area contributed by atoms with Gasteiger partial charge in [0.2, 0.25) is 15.9 Å². The van der Waals surface area contributed by atoms with Crippen molar-refractivity contribution in [3.05, 3.63) is 59.4 Å². The third-order valence-corrected chi connectivity index (χ3v) is 6.24. The molecule has 8 nitrogen and oxygen atoms in total. The van der Waals surface area contributed by atoms with Crippen LogP contribution < -0.4 is 10.5 Å². The molecule has 1 heterocycles. The van der Waals surface area contributed by atoms with E-state index >= 15 is 0 Å². The van der Waals surface area contributed by atoms with E-state index in [0.717, 1.165) is 17.1 Å². The fraction of sp³-hybridized carbons (Fsp3) is 0.211. The van der Waals surface area contributed by atoms with E-state index in [1.54, 1.807) is 19.1 Å². The van der Waals surface area contributed by atoms with Crippen LogP contribution in [0.1, 0.15) is 17.0 Å². The van der Waals surface area contributed by atoms with E-state index in [2.05, 4.69) is 15.5 Å². The highest BCUT2D eigenvalue weighted by Gasteiger charge is 2.16. The van der Waals surface area contributed by atoms with Crippen LogP contribution in [0.3, 0.4) is 0 Å². The Morgan fingerprint density at radius 2 is 1.83 bits per heavy atom. The van der Waals surface area contributed by atoms with Crippen LogP contribution in [0.4, 0.5) is 5.69 Å². The van der Waals surface area contributed by atoms with Gasteiger partial charge in [-0.05, 0) is 50.1 Å². The Hall–Kier alpha value is -2.69. The van der Waals surface area contributed by atoms with E-state index in [1.165, 1.54) is 17.8 Å². The summed E-state index contributed by atoms with van der Waals surface area (Å²) < 4.78 is 25.2. The fourth-order valence-corrected chi connectivity index (χ4v) is 4.44. The maximum atomic E-state index is 12.4. The van der Waals surface area contributed by atoms with Gasteiger partial charge in [0.1, 0.15) is 5.82 Å². The monoisotopic (exact) mass is 431 g/mol. The smallest absolute Gasteiger partial charge is 0.238 e. The number of rotatable bonds is 6. The number of thioether (sulfide) groups is 1. The second-order valence-corrected chi connectivity index (χ2v) is 8.99. The van der Waals surface area contributed by atoms with Crippen LogP contribution >= 0.6 is 11.8 Å². The Bertz CT molecular complexity index is 1170. The van der Waals surface area contributed by atoms with Gasteiger partial charge in [-0.1, -0.05) is 36.0 Å². The molecular weight excluding hydrogens is 410 g/mol. The van der Waals surface area contributed by atoms with Gasteiger partial charge in [-0.3, -0.25) is 9.36 Å². The summed E-state index contributed by atoms with van der Waals surface area (Å²) in [6.07, 6.45) is 0. The number of para-hydroxylation sites is 1. The maximum absolute atomic E-state index is 12.4. The van der Waals surface area contributed by atoms with Crippen LogP contribution in [0, 0.1) is 20.8 Å². The van der Waals surface area contributed by atoms with Crippen molar-refractivity contribution in [2.75, 3.05) is 11.1 Å². The Balaban J connectivity index is 1.74. The molecule has 0 saturated carbocycles. The number of hydrogen-bond acceptors (Lipinski definition) is 6. The van der Waals surface area contributed by atoms with E-state index in [1.807, 2.05) is 42.7 Å². The molecule has 2 aromatic carbocycles. The van der Waals surface area contributed by atoms with Crippen LogP contribution in [0.25, 0.3) is 5.69 Å². The van der Waals surface area contributed by atoms with Gasteiger partial charge in [-0.15, -0.1) is 10.2 Å². The summed E-state index contributed by atoms with van der Waals surface area (Å²) in [6.45, 7) is 5.49. The van der Waals surface area contributed by atoms with Crippen LogP contribution in [0.2, 0.25) is 0 Å². The SMILES string of the molecule is Cc1ccccc1-n1c(C)nnc1SCC(=O)Nc1ccc(C)c(S(N)(=O)=O)c1. The highest BCUT2D eigenvalue weighted by Crippen LogP contribution is 2.24. The summed E-state index contributed by atoms with van der Waals surface area (Å²) in [4.78, 5) is 12.4. The van der Waals surface area contributed by atoms with Crippen molar-refractivity contribution >= 4 is 33.4 Å². The number of amides is 1. The number of nitrogens with one attached hydrogen (secondary N) is 1. The molecule has 1 amide bonds. The van der Waals surface area contributed by atoms with E-state index in [-0.39, 0.29) is 16.6 Å². The van der Waals surface area contributed by atoms with Gasteiger partial charge in [-0.2, -0.15) is 0 Å². The molecule has 0 radical (unpaired) electrons. The number of benzene rings is 2. The number of anilines is 1. The molecule has 0 bridgehead atoms. The van der Waals surface area contributed by atoms with Gasteiger partial charge < -0.3 is 5.32 Å². The Morgan fingerprint density at radius 1 is 1.10 bits per heavy atom. The molecule has 0 aliphatic heterocycles. The van der Waals surface area contributed by atoms with Crippen molar-refractivity contribution in [1.82, 2.24) is 14.8 Å². The van der Waals surface area contributed by atoms with Crippen molar-refractivity contribution in [3.63, 3.8) is 0 Å². The highest BCUT2D eigenvalue weighted by molar-refractivity contribution is 7.99. The number of sulfonamides is 1. The Labute approximate surface area is 173 Å². The molecule has 0 unspecified atom stereocenters. The Morgan fingerprint density at radius 3 is 2.52 bits per heavy atom. The molecule has 0 aliphatic carbocycles. The molecule has 3 N–H and O–H groups in total. The minimum Gasteiger partial charge on any atom is -0.325 e. The molecule has 152 valence electrons. The summed E-state index contributed by atoms with van der Waals surface area (Å²) >= 11 is 1.25. The topological polar surface area (TPSA) is 120 Å². The highest BCUT2D eigenvalue weighted by atomic mass is 32.2. The molecule has 0 saturated heterocycles. The van der Waals surface area contributed by atoms with Crippen molar-refractivity contribution in [3.8, 4) is 5.69 Å². The lowest BCUT2D eigenvalue weighted by Crippen LogP contribution is -2.17. The predicted octanol–water partition coefficient (Wildman–Crippen LogP) is 2.57. The van der Waals surface area contributed by atoms with Crippen LogP contribution in [0.15, 0.2) is 52.5 Å². The van der Waals surface area contributed by atoms with Gasteiger partial charge in [-0.25, -0.2) is 13.6 Å². The van der Waals surface area contributed by atoms with Crippen molar-refractivity contribution < 1.29 is 13.2 Å². The van der Waals surface area contributed by atoms with Crippen LogP contribution in [-0.4, -0.2) is 34.8 Å². The minimum absolute atomic E-state index is 0.0159. The summed E-state index contributed by atoms with van der Waals surface area (Å²) in [5.74, 6) is 0.512. The summed E-state index contributed by atoms with van der Waals surface area (Å²) in [7, 11) is -3.86. The first-order chi connectivity index (χ1) is 13.7. The first-order valence-electron chi connectivity index (χ1n) is 8.71. The quantitative estimate of drug-likeness (QED) is 0.579. The van der Waals surface area contributed by atoms with E-state index in [9.17, 15) is 13.2 Å². The minimum atomic E-state index is -3.86. The second-order valence-electron chi connectivity index (χ2n) is 6.51. The number of carbonyl (C=O) groups excluding carboxylic acids is 1. The molecule has 0 fully saturated rings. The second kappa shape index (κ2) is 8.36. The van der Waals surface area contributed by atoms with Gasteiger partial charge >= 0.3 is 0 Å². The lowest BCUT2D eigenvalue weighted by Gasteiger charge is -2.11. The standard InChI is InChI=1S/C19H21N5O3S2/c1-12-6-4-5-7-16(12)24-14(3)22-23-19(24)28-11-18(25)21-15-9-8-13(2)17(10-15)29(20,26)27/h4-10H,11H2,1-3H3,(H,21,25)(H2,20,26,27). The number of aromatic nitrogens is 3. The summed E-state index contributed by atoms with van der Waals surface area (Å²) in [5, 5.41) is 16.8. The zero-order valence-corrected chi connectivity index (χ0v) is 17.8. The van der Waals surface area contributed by atoms with Crippen molar-refractivity contribution in [2.45, 2.75) is 30.8 Å². The Kier molecular flexibility index (Phi) is 6.06. The zero-order valence-electron chi connectivity index (χ0n) is 16.2. The molecule has 29 heavy (non-hydrogen) atoms. The van der Waals surface area contributed by atoms with Crippen LogP contribution in [-0.2, 0) is 14.8 Å². The number of carbonyl (C=O) groups is 1. The van der Waals surface area contributed by atoms with Crippen molar-refractivity contribution in [2.24, 2.45) is 5.14 Å². The summed E-state index contributed by atoms with van der Waals surface area (Å²) in [5.41, 5.74) is 2.90. The van der Waals surface area contributed by atoms with Crippen molar-refractivity contribution in [1.29, 1.82) is 0 Å². The molecular formula is C19H21N5O3S2. The number of primary sulfonamides is 1. The fourth-order valence-electron chi connectivity index (χ4n) is 2.84. The van der Waals surface area contributed by atoms with Gasteiger partial charge in [0.05, 0.1) is 16.3 Å². The molecule has 1 aromatic heterocycles. The third kappa shape index (κ3) is 4.84. The van der Waals surface area contributed by atoms with E-state index < -0.39 is 10.0 Å². The van der Waals surface area contributed by atoms with E-state index in [4.69, 9.17) is 5.14 Å². The molecule has 10 heteroatoms. The first-order valence-corrected chi connectivity index (χ1v) is 11.2. The molecule has 3 aromatic rings. The largest absolute Gasteiger partial charge is 0.325 e. The predicted molar refractivity (Wildman–Crippen MR) is 113 cm³/mol. The van der Waals surface area contributed by atoms with Crippen LogP contribution in [0.5, 0.6) is 0 Å². The van der Waals surface area contributed by atoms with Gasteiger partial charge in [0.25, 0.3) is 0 Å². The third-order valence-electron chi connectivity index (χ3n) is 4.26. The average Bonchev–Trinajstić information content (AvgIpc) is 3.01. The zero-order chi connectivity index (χ0) is 21.2. The molecule has 0 atom stereocenters. The average molecular weight is 432 g/mol. The molecule has 3 rings (SSSR count). The summed E-state index contributed by atoms with van der Waals surface area (Å²) in [6, 6.07) is 12.4. The number of aryl methyl sites for hydroxylation is 3. The van der Waals surface area contributed by atoms with Gasteiger partial charge in [0.15, 0.2) is 5.16 Å². The first kappa shape index (κ1) is 21.0. The lowest BCUT2D eigenvalue weighted by atomic mass is 10.2. The van der Waals surface area contributed by atoms with Gasteiger partial charge in [0, 0.05) is 5.69 Å². The lowest BCUT2D eigenvalue weighted by molar-refractivity contribution is -0.113. The molecule has 0 spiro atoms. The normalized spacial score (nSPS) is 11.4. The maximum Gasteiger partial charge on any atom is 0.238 e. The number of nitrogens with two attached hydrogens (primary N) is 1. The number of hydrogen-bond donors (Lipinski definition) is 2. The number of nitrogens with zero attached hydrogens (tertiary/aromatic N) is 3. The molecule has 0 aliphatic rings.